The van der Waals surface area contributed by atoms with Crippen LogP contribution in [0.4, 0.5) is 31.0 Å². The number of rotatable bonds is 3. The van der Waals surface area contributed by atoms with Crippen molar-refractivity contribution in [1.29, 1.82) is 0 Å². The maximum Gasteiger partial charge on any atom is 0.457 e. The second kappa shape index (κ2) is 4.02. The zero-order chi connectivity index (χ0) is 10.9. The smallest absolute Gasteiger partial charge is 0.269 e. The van der Waals surface area contributed by atoms with Crippen molar-refractivity contribution in [1.82, 2.24) is 0 Å². The highest BCUT2D eigenvalue weighted by molar-refractivity contribution is 5.18. The molecule has 0 aromatic rings. The molecule has 0 fully saturated rings. The van der Waals surface area contributed by atoms with E-state index in [9.17, 15) is 26.3 Å². The van der Waals surface area contributed by atoms with Gasteiger partial charge in [0.25, 0.3) is 0 Å². The van der Waals surface area contributed by atoms with E-state index >= 15 is 0 Å². The predicted octanol–water partition coefficient (Wildman–Crippen LogP) is 3.42. The van der Waals surface area contributed by atoms with E-state index in [1.807, 2.05) is 0 Å². The van der Waals surface area contributed by atoms with Gasteiger partial charge in [0.2, 0.25) is 5.67 Å². The van der Waals surface area contributed by atoms with E-state index in [-0.39, 0.29) is 16.9 Å². The fourth-order valence-corrected chi connectivity index (χ4v) is 0.557. The molecule has 0 aliphatic carbocycles. The maximum atomic E-state index is 12.8. The molecule has 0 saturated carbocycles. The van der Waals surface area contributed by atoms with E-state index in [1.165, 1.54) is 0 Å². The van der Waals surface area contributed by atoms with E-state index in [2.05, 4.69) is 13.2 Å². The molecular formula is C7H7F7. The zero-order valence-corrected chi connectivity index (χ0v) is 6.74. The third kappa shape index (κ3) is 2.08. The van der Waals surface area contributed by atoms with Crippen LogP contribution in [-0.4, -0.2) is 17.8 Å². The Morgan fingerprint density at radius 3 is 1.14 bits per heavy atom. The Labute approximate surface area is 75.3 Å². The summed E-state index contributed by atoms with van der Waals surface area (Å²) in [5, 5.41) is 0. The molecule has 0 bridgehead atoms. The number of hydrogen-bond donors (Lipinski definition) is 0. The van der Waals surface area contributed by atoms with Gasteiger partial charge < -0.3 is 0 Å². The second-order valence-electron chi connectivity index (χ2n) is 2.25. The number of hydrogen-bond acceptors (Lipinski definition) is 0. The molecule has 0 aliphatic heterocycles. The van der Waals surface area contributed by atoms with Gasteiger partial charge in [-0.15, -0.1) is 0 Å². The molecule has 0 atom stereocenters. The Bertz CT molecular complexity index is 207. The second-order valence-corrected chi connectivity index (χ2v) is 2.25. The minimum Gasteiger partial charge on any atom is -0.269 e. The van der Waals surface area contributed by atoms with Crippen molar-refractivity contribution in [3.05, 3.63) is 25.3 Å². The zero-order valence-electron chi connectivity index (χ0n) is 6.74. The Morgan fingerprint density at radius 2 is 1.07 bits per heavy atom. The SMILES string of the molecule is C=CC(F)(C=C)C(F)(F)C(F)(F)F.F. The van der Waals surface area contributed by atoms with Crippen molar-refractivity contribution in [2.75, 3.05) is 0 Å². The molecule has 0 rings (SSSR count). The fourth-order valence-electron chi connectivity index (χ4n) is 0.557. The molecular weight excluding hydrogens is 217 g/mol. The standard InChI is InChI=1S/C7H6F6.FH/c1-3-5(8,4-2)6(9,10)7(11,12)13;/h3-4H,1-2H2;1H. The third-order valence-electron chi connectivity index (χ3n) is 1.43. The van der Waals surface area contributed by atoms with Crippen molar-refractivity contribution < 1.29 is 31.0 Å². The van der Waals surface area contributed by atoms with Gasteiger partial charge in [-0.1, -0.05) is 13.2 Å². The van der Waals surface area contributed by atoms with Crippen molar-refractivity contribution in [3.8, 4) is 0 Å². The first kappa shape index (κ1) is 15.5. The molecule has 0 aliphatic rings. The molecule has 0 saturated heterocycles. The molecule has 0 N–H and O–H groups in total. The van der Waals surface area contributed by atoms with Crippen molar-refractivity contribution in [2.24, 2.45) is 0 Å². The van der Waals surface area contributed by atoms with E-state index in [1.54, 1.807) is 0 Å². The van der Waals surface area contributed by atoms with Gasteiger partial charge in [-0.25, -0.2) is 4.39 Å². The largest absolute Gasteiger partial charge is 0.457 e. The lowest BCUT2D eigenvalue weighted by Gasteiger charge is -2.29. The van der Waals surface area contributed by atoms with Gasteiger partial charge in [0.15, 0.2) is 0 Å². The number of alkyl halides is 6. The molecule has 7 heteroatoms. The van der Waals surface area contributed by atoms with Crippen LogP contribution in [-0.2, 0) is 0 Å². The first-order valence-electron chi connectivity index (χ1n) is 3.03. The minimum absolute atomic E-state index is 0. The molecule has 84 valence electrons. The molecule has 0 unspecified atom stereocenters. The normalized spacial score (nSPS) is 13.0. The lowest BCUT2D eigenvalue weighted by molar-refractivity contribution is -0.310. The minimum atomic E-state index is -5.97. The summed E-state index contributed by atoms with van der Waals surface area (Å²) in [4.78, 5) is 0. The van der Waals surface area contributed by atoms with Crippen LogP contribution < -0.4 is 0 Å². The van der Waals surface area contributed by atoms with E-state index < -0.39 is 17.8 Å². The quantitative estimate of drug-likeness (QED) is 0.509. The highest BCUT2D eigenvalue weighted by Gasteiger charge is 2.69. The third-order valence-corrected chi connectivity index (χ3v) is 1.43. The Morgan fingerprint density at radius 1 is 0.786 bits per heavy atom. The van der Waals surface area contributed by atoms with Crippen LogP contribution in [0.2, 0.25) is 0 Å². The molecule has 0 aromatic carbocycles. The van der Waals surface area contributed by atoms with Gasteiger partial charge in [-0.2, -0.15) is 22.0 Å². The molecule has 0 radical (unpaired) electrons. The maximum absolute atomic E-state index is 12.8. The van der Waals surface area contributed by atoms with E-state index in [4.69, 9.17) is 0 Å². The Balaban J connectivity index is 0. The molecule has 0 spiro atoms. The molecule has 0 amide bonds. The summed E-state index contributed by atoms with van der Waals surface area (Å²) in [6, 6.07) is 0. The van der Waals surface area contributed by atoms with Gasteiger partial charge in [-0.05, 0) is 12.2 Å². The summed E-state index contributed by atoms with van der Waals surface area (Å²) in [6.45, 7) is 5.11. The predicted molar refractivity (Wildman–Crippen MR) is 37.7 cm³/mol. The fraction of sp³-hybridized carbons (Fsp3) is 0.429. The summed E-state index contributed by atoms with van der Waals surface area (Å²) >= 11 is 0. The van der Waals surface area contributed by atoms with Gasteiger partial charge in [0.1, 0.15) is 0 Å². The molecule has 0 heterocycles. The Hall–Kier alpha value is -1.01. The van der Waals surface area contributed by atoms with Crippen LogP contribution in [0, 0.1) is 0 Å². The summed E-state index contributed by atoms with van der Waals surface area (Å²) in [7, 11) is 0. The number of halogens is 7. The topological polar surface area (TPSA) is 0 Å². The van der Waals surface area contributed by atoms with Gasteiger partial charge in [0, 0.05) is 0 Å². The lowest BCUT2D eigenvalue weighted by atomic mass is 9.97. The van der Waals surface area contributed by atoms with Crippen LogP contribution in [0.15, 0.2) is 25.3 Å². The van der Waals surface area contributed by atoms with Crippen LogP contribution in [0.5, 0.6) is 0 Å². The van der Waals surface area contributed by atoms with E-state index in [0.717, 1.165) is 0 Å². The monoisotopic (exact) mass is 224 g/mol. The van der Waals surface area contributed by atoms with Gasteiger partial charge >= 0.3 is 12.1 Å². The van der Waals surface area contributed by atoms with Crippen LogP contribution in [0.3, 0.4) is 0 Å². The highest BCUT2D eigenvalue weighted by Crippen LogP contribution is 2.46. The van der Waals surface area contributed by atoms with Crippen molar-refractivity contribution in [2.45, 2.75) is 17.8 Å². The summed E-state index contributed by atoms with van der Waals surface area (Å²) in [6.07, 6.45) is -6.23. The number of allylic oxidation sites excluding steroid dienone is 2. The van der Waals surface area contributed by atoms with Crippen LogP contribution >= 0.6 is 0 Å². The van der Waals surface area contributed by atoms with Crippen molar-refractivity contribution in [3.63, 3.8) is 0 Å². The average Bonchev–Trinajstić information content (AvgIpc) is 2.00. The summed E-state index contributed by atoms with van der Waals surface area (Å²) in [5.41, 5.74) is -3.97. The average molecular weight is 224 g/mol. The Kier molecular flexibility index (Phi) is 4.43. The van der Waals surface area contributed by atoms with E-state index in [0.29, 0.717) is 0 Å². The molecule has 14 heavy (non-hydrogen) atoms. The van der Waals surface area contributed by atoms with Gasteiger partial charge in [0.05, 0.1) is 0 Å². The molecule has 0 aromatic heterocycles. The highest BCUT2D eigenvalue weighted by atomic mass is 19.4. The van der Waals surface area contributed by atoms with Crippen LogP contribution in [0.25, 0.3) is 0 Å². The first-order valence-corrected chi connectivity index (χ1v) is 3.03. The van der Waals surface area contributed by atoms with Crippen molar-refractivity contribution >= 4 is 0 Å². The first-order chi connectivity index (χ1) is 5.62. The van der Waals surface area contributed by atoms with Crippen LogP contribution in [0.1, 0.15) is 0 Å². The summed E-state index contributed by atoms with van der Waals surface area (Å²) < 4.78 is 72.3. The van der Waals surface area contributed by atoms with Gasteiger partial charge in [-0.3, -0.25) is 4.70 Å². The summed E-state index contributed by atoms with van der Waals surface area (Å²) in [5.74, 6) is -5.51. The lowest BCUT2D eigenvalue weighted by Crippen LogP contribution is -2.52. The molecule has 0 nitrogen and oxygen atoms in total.